The average molecular weight is 409 g/mol. The van der Waals surface area contributed by atoms with E-state index in [4.69, 9.17) is 9.47 Å². The van der Waals surface area contributed by atoms with Crippen molar-refractivity contribution in [2.45, 2.75) is 51.2 Å². The molecular weight excluding hydrogens is 376 g/mol. The van der Waals surface area contributed by atoms with Crippen LogP contribution in [-0.4, -0.2) is 49.1 Å². The van der Waals surface area contributed by atoms with E-state index < -0.39 is 0 Å². The van der Waals surface area contributed by atoms with Gasteiger partial charge in [0.1, 0.15) is 11.5 Å². The molecule has 0 aromatic heterocycles. The van der Waals surface area contributed by atoms with Gasteiger partial charge in [0.2, 0.25) is 5.91 Å². The maximum absolute atomic E-state index is 13.6. The highest BCUT2D eigenvalue weighted by molar-refractivity contribution is 5.82. The minimum atomic E-state index is -0.145. The molecule has 0 aliphatic carbocycles. The fourth-order valence-corrected chi connectivity index (χ4v) is 4.71. The number of likely N-dealkylation sites (tertiary alicyclic amines) is 1. The molecule has 0 bridgehead atoms. The lowest BCUT2D eigenvalue weighted by atomic mass is 9.92. The number of ether oxygens (including phenoxy) is 2. The Balaban J connectivity index is 1.63. The SMILES string of the molecule is COc1ccc(OC)c(CN2Cc3ccccc3CC2C(=O)N2CCCCCC2)c1. The summed E-state index contributed by atoms with van der Waals surface area (Å²) in [6.45, 7) is 3.18. The van der Waals surface area contributed by atoms with E-state index in [1.165, 1.54) is 24.0 Å². The third-order valence-corrected chi connectivity index (χ3v) is 6.41. The monoisotopic (exact) mass is 408 g/mol. The minimum Gasteiger partial charge on any atom is -0.497 e. The summed E-state index contributed by atoms with van der Waals surface area (Å²) in [5.74, 6) is 1.91. The minimum absolute atomic E-state index is 0.145. The van der Waals surface area contributed by atoms with Crippen molar-refractivity contribution in [2.24, 2.45) is 0 Å². The van der Waals surface area contributed by atoms with Crippen LogP contribution in [0, 0.1) is 0 Å². The Labute approximate surface area is 179 Å². The smallest absolute Gasteiger partial charge is 0.240 e. The van der Waals surface area contributed by atoms with Crippen LogP contribution in [0.1, 0.15) is 42.4 Å². The van der Waals surface area contributed by atoms with Crippen LogP contribution in [0.3, 0.4) is 0 Å². The Morgan fingerprint density at radius 3 is 2.40 bits per heavy atom. The van der Waals surface area contributed by atoms with Crippen LogP contribution in [0.2, 0.25) is 0 Å². The summed E-state index contributed by atoms with van der Waals surface area (Å²) in [5, 5.41) is 0. The highest BCUT2D eigenvalue weighted by atomic mass is 16.5. The predicted octanol–water partition coefficient (Wildman–Crippen LogP) is 4.03. The molecule has 0 spiro atoms. The third kappa shape index (κ3) is 4.46. The van der Waals surface area contributed by atoms with E-state index in [0.29, 0.717) is 6.54 Å². The van der Waals surface area contributed by atoms with Crippen LogP contribution in [0.25, 0.3) is 0 Å². The van der Waals surface area contributed by atoms with Crippen LogP contribution < -0.4 is 9.47 Å². The number of methoxy groups -OCH3 is 2. The molecule has 0 N–H and O–H groups in total. The van der Waals surface area contributed by atoms with Crippen molar-refractivity contribution in [3.63, 3.8) is 0 Å². The number of rotatable bonds is 5. The first-order chi connectivity index (χ1) is 14.7. The second-order valence-corrected chi connectivity index (χ2v) is 8.31. The first-order valence-electron chi connectivity index (χ1n) is 11.0. The fourth-order valence-electron chi connectivity index (χ4n) is 4.71. The summed E-state index contributed by atoms with van der Waals surface area (Å²) < 4.78 is 11.0. The van der Waals surface area contributed by atoms with E-state index in [0.717, 1.165) is 56.0 Å². The Kier molecular flexibility index (Phi) is 6.58. The van der Waals surface area contributed by atoms with Crippen molar-refractivity contribution in [3.05, 3.63) is 59.2 Å². The molecule has 2 aromatic rings. The third-order valence-electron chi connectivity index (χ3n) is 6.41. The van der Waals surface area contributed by atoms with E-state index >= 15 is 0 Å². The zero-order chi connectivity index (χ0) is 20.9. The van der Waals surface area contributed by atoms with Crippen LogP contribution in [0.5, 0.6) is 11.5 Å². The number of carbonyl (C=O) groups excluding carboxylic acids is 1. The summed E-state index contributed by atoms with van der Waals surface area (Å²) in [5.41, 5.74) is 3.64. The van der Waals surface area contributed by atoms with Gasteiger partial charge in [0.05, 0.1) is 20.3 Å². The molecule has 4 rings (SSSR count). The van der Waals surface area contributed by atoms with Crippen molar-refractivity contribution < 1.29 is 14.3 Å². The number of carbonyl (C=O) groups is 1. The van der Waals surface area contributed by atoms with Gasteiger partial charge < -0.3 is 14.4 Å². The molecule has 1 fully saturated rings. The van der Waals surface area contributed by atoms with Gasteiger partial charge in [0.15, 0.2) is 0 Å². The Morgan fingerprint density at radius 2 is 1.70 bits per heavy atom. The molecule has 1 amide bonds. The van der Waals surface area contributed by atoms with Gasteiger partial charge in [-0.3, -0.25) is 9.69 Å². The lowest BCUT2D eigenvalue weighted by Crippen LogP contribution is -2.51. The van der Waals surface area contributed by atoms with Crippen molar-refractivity contribution in [2.75, 3.05) is 27.3 Å². The highest BCUT2D eigenvalue weighted by Gasteiger charge is 2.34. The van der Waals surface area contributed by atoms with Gasteiger partial charge in [0, 0.05) is 31.7 Å². The van der Waals surface area contributed by atoms with E-state index in [1.54, 1.807) is 14.2 Å². The van der Waals surface area contributed by atoms with Crippen molar-refractivity contribution in [1.82, 2.24) is 9.80 Å². The van der Waals surface area contributed by atoms with E-state index in [9.17, 15) is 4.79 Å². The lowest BCUT2D eigenvalue weighted by Gasteiger charge is -2.38. The zero-order valence-electron chi connectivity index (χ0n) is 18.1. The average Bonchev–Trinajstić information content (AvgIpc) is 3.07. The number of hydrogen-bond donors (Lipinski definition) is 0. The van der Waals surface area contributed by atoms with Gasteiger partial charge in [-0.25, -0.2) is 0 Å². The number of benzene rings is 2. The number of amides is 1. The molecule has 160 valence electrons. The maximum Gasteiger partial charge on any atom is 0.240 e. The topological polar surface area (TPSA) is 42.0 Å². The first-order valence-corrected chi connectivity index (χ1v) is 11.0. The molecule has 5 nitrogen and oxygen atoms in total. The normalized spacial score (nSPS) is 19.7. The number of nitrogens with zero attached hydrogens (tertiary/aromatic N) is 2. The van der Waals surface area contributed by atoms with Gasteiger partial charge in [-0.2, -0.15) is 0 Å². The molecule has 2 heterocycles. The van der Waals surface area contributed by atoms with Crippen LogP contribution in [-0.2, 0) is 24.3 Å². The summed E-state index contributed by atoms with van der Waals surface area (Å²) in [7, 11) is 3.37. The number of fused-ring (bicyclic) bond motifs is 1. The summed E-state index contributed by atoms with van der Waals surface area (Å²) >= 11 is 0. The predicted molar refractivity (Wildman–Crippen MR) is 118 cm³/mol. The fraction of sp³-hybridized carbons (Fsp3) is 0.480. The van der Waals surface area contributed by atoms with Gasteiger partial charge in [0.25, 0.3) is 0 Å². The van der Waals surface area contributed by atoms with E-state index in [-0.39, 0.29) is 11.9 Å². The van der Waals surface area contributed by atoms with Crippen LogP contribution in [0.4, 0.5) is 0 Å². The van der Waals surface area contributed by atoms with Crippen molar-refractivity contribution >= 4 is 5.91 Å². The zero-order valence-corrected chi connectivity index (χ0v) is 18.1. The highest BCUT2D eigenvalue weighted by Crippen LogP contribution is 2.31. The molecular formula is C25H32N2O3. The van der Waals surface area contributed by atoms with E-state index in [1.807, 2.05) is 18.2 Å². The molecule has 0 saturated carbocycles. The Morgan fingerprint density at radius 1 is 0.967 bits per heavy atom. The molecule has 2 aliphatic heterocycles. The molecule has 1 saturated heterocycles. The van der Waals surface area contributed by atoms with E-state index in [2.05, 4.69) is 34.1 Å². The Hall–Kier alpha value is -2.53. The van der Waals surface area contributed by atoms with Crippen LogP contribution >= 0.6 is 0 Å². The molecule has 1 atom stereocenters. The molecule has 1 unspecified atom stereocenters. The van der Waals surface area contributed by atoms with Gasteiger partial charge in [-0.1, -0.05) is 37.1 Å². The quantitative estimate of drug-likeness (QED) is 0.749. The van der Waals surface area contributed by atoms with Crippen LogP contribution in [0.15, 0.2) is 42.5 Å². The summed E-state index contributed by atoms with van der Waals surface area (Å²) in [6, 6.07) is 14.2. The lowest BCUT2D eigenvalue weighted by molar-refractivity contribution is -0.138. The standard InChI is InChI=1S/C25H32N2O3/c1-29-22-11-12-24(30-2)21(15-22)18-27-17-20-10-6-5-9-19(20)16-23(27)25(28)26-13-7-3-4-8-14-26/h5-6,9-12,15,23H,3-4,7-8,13-14,16-18H2,1-2H3. The van der Waals surface area contributed by atoms with Crippen molar-refractivity contribution in [1.29, 1.82) is 0 Å². The Bertz CT molecular complexity index is 874. The second-order valence-electron chi connectivity index (χ2n) is 8.31. The number of hydrogen-bond acceptors (Lipinski definition) is 4. The molecule has 2 aliphatic rings. The van der Waals surface area contributed by atoms with Gasteiger partial charge in [-0.05, 0) is 48.6 Å². The van der Waals surface area contributed by atoms with Crippen molar-refractivity contribution in [3.8, 4) is 11.5 Å². The molecule has 0 radical (unpaired) electrons. The van der Waals surface area contributed by atoms with Gasteiger partial charge >= 0.3 is 0 Å². The maximum atomic E-state index is 13.6. The first kappa shape index (κ1) is 20.7. The largest absolute Gasteiger partial charge is 0.497 e. The molecule has 2 aromatic carbocycles. The summed E-state index contributed by atoms with van der Waals surface area (Å²) in [6.07, 6.45) is 5.43. The summed E-state index contributed by atoms with van der Waals surface area (Å²) in [4.78, 5) is 18.0. The molecule has 5 heteroatoms. The molecule has 30 heavy (non-hydrogen) atoms. The van der Waals surface area contributed by atoms with Gasteiger partial charge in [-0.15, -0.1) is 0 Å². The second kappa shape index (κ2) is 9.52.